The maximum atomic E-state index is 12.2. The average molecular weight is 382 g/mol. The number of rotatable bonds is 5. The second-order valence-corrected chi connectivity index (χ2v) is 6.69. The number of anilines is 1. The largest absolute Gasteiger partial charge is 0.340 e. The van der Waals surface area contributed by atoms with Crippen LogP contribution in [0.5, 0.6) is 0 Å². The third-order valence-corrected chi connectivity index (χ3v) is 3.86. The van der Waals surface area contributed by atoms with Gasteiger partial charge in [-0.1, -0.05) is 30.3 Å². The first kappa shape index (κ1) is 18.5. The zero-order valence-electron chi connectivity index (χ0n) is 12.9. The summed E-state index contributed by atoms with van der Waals surface area (Å²) < 4.78 is 0. The fourth-order valence-corrected chi connectivity index (χ4v) is 2.50. The summed E-state index contributed by atoms with van der Waals surface area (Å²) in [5, 5.41) is 8.97. The summed E-state index contributed by atoms with van der Waals surface area (Å²) in [6.07, 6.45) is -0.731. The van der Waals surface area contributed by atoms with E-state index in [4.69, 9.17) is 35.4 Å². The molecule has 24 heavy (non-hydrogen) atoms. The molecule has 2 aromatic rings. The van der Waals surface area contributed by atoms with E-state index in [9.17, 15) is 4.79 Å². The van der Waals surface area contributed by atoms with Gasteiger partial charge in [0.25, 0.3) is 5.91 Å². The number of hydrogen-bond donors (Lipinski definition) is 3. The van der Waals surface area contributed by atoms with E-state index in [-0.39, 0.29) is 5.91 Å². The quantitative estimate of drug-likeness (QED) is 0.418. The lowest BCUT2D eigenvalue weighted by Gasteiger charge is -2.23. The topological polar surface area (TPSA) is 53.2 Å². The summed E-state index contributed by atoms with van der Waals surface area (Å²) in [4.78, 5) is 11.3. The maximum Gasteiger partial charge on any atom is 0.252 e. The molecule has 4 nitrogen and oxygen atoms in total. The summed E-state index contributed by atoms with van der Waals surface area (Å²) in [7, 11) is 0. The molecule has 0 fully saturated rings. The summed E-state index contributed by atoms with van der Waals surface area (Å²) in [6, 6.07) is 16.5. The summed E-state index contributed by atoms with van der Waals surface area (Å²) in [5.74, 6) is -0.294. The lowest BCUT2D eigenvalue weighted by Crippen LogP contribution is -2.52. The fraction of sp³-hybridized carbons (Fsp3) is 0.176. The number of carbonyl (C=O) groups excluding carboxylic acids is 1. The highest BCUT2D eigenvalue weighted by Crippen LogP contribution is 2.11. The molecule has 0 bridgehead atoms. The first-order chi connectivity index (χ1) is 11.5. The molecule has 3 N–H and O–H groups in total. The number of benzene rings is 2. The van der Waals surface area contributed by atoms with Crippen molar-refractivity contribution in [1.82, 2.24) is 10.6 Å². The second kappa shape index (κ2) is 8.87. The molecular weight excluding hydrogens is 365 g/mol. The van der Waals surface area contributed by atoms with E-state index < -0.39 is 11.0 Å². The molecule has 2 aromatic carbocycles. The minimum absolute atomic E-state index is 0.294. The van der Waals surface area contributed by atoms with Crippen molar-refractivity contribution >= 4 is 52.1 Å². The zero-order valence-corrected chi connectivity index (χ0v) is 15.3. The van der Waals surface area contributed by atoms with Gasteiger partial charge < -0.3 is 16.0 Å². The van der Waals surface area contributed by atoms with Crippen LogP contribution in [0.3, 0.4) is 0 Å². The Bertz CT molecular complexity index is 710. The number of hydrogen-bond acceptors (Lipinski definition) is 2. The predicted octanol–water partition coefficient (Wildman–Crippen LogP) is 3.84. The highest BCUT2D eigenvalue weighted by Gasteiger charge is 2.21. The molecule has 0 aliphatic rings. The minimum atomic E-state index is -0.880. The molecular formula is C17H17Cl2N3OS. The lowest BCUT2D eigenvalue weighted by molar-refractivity contribution is 0.0936. The number of halogens is 2. The van der Waals surface area contributed by atoms with E-state index in [0.29, 0.717) is 10.7 Å². The van der Waals surface area contributed by atoms with Crippen LogP contribution >= 0.6 is 35.4 Å². The molecule has 0 spiro atoms. The molecule has 0 unspecified atom stereocenters. The monoisotopic (exact) mass is 381 g/mol. The van der Waals surface area contributed by atoms with Crippen molar-refractivity contribution in [3.63, 3.8) is 0 Å². The van der Waals surface area contributed by atoms with Crippen LogP contribution in [0.2, 0.25) is 0 Å². The van der Waals surface area contributed by atoms with Crippen LogP contribution in [0.4, 0.5) is 5.69 Å². The molecule has 2 rings (SSSR count). The van der Waals surface area contributed by atoms with Gasteiger partial charge in [0.15, 0.2) is 5.11 Å². The number of alkyl halides is 2. The van der Waals surface area contributed by atoms with Gasteiger partial charge in [-0.25, -0.2) is 0 Å². The Kier molecular flexibility index (Phi) is 6.85. The normalized spacial score (nSPS) is 11.7. The van der Waals surface area contributed by atoms with Gasteiger partial charge in [-0.2, -0.15) is 0 Å². The molecule has 0 heterocycles. The van der Waals surface area contributed by atoms with Crippen molar-refractivity contribution in [3.8, 4) is 0 Å². The number of thiocarbonyl (C=S) groups is 1. The highest BCUT2D eigenvalue weighted by molar-refractivity contribution is 7.80. The molecule has 7 heteroatoms. The Morgan fingerprint density at radius 1 is 1.04 bits per heavy atom. The summed E-state index contributed by atoms with van der Waals surface area (Å²) in [6.45, 7) is 1.98. The Hall–Kier alpha value is -1.82. The number of nitrogens with one attached hydrogen (secondary N) is 3. The Morgan fingerprint density at radius 2 is 1.75 bits per heavy atom. The minimum Gasteiger partial charge on any atom is -0.340 e. The van der Waals surface area contributed by atoms with Crippen molar-refractivity contribution in [3.05, 3.63) is 65.7 Å². The lowest BCUT2D eigenvalue weighted by atomic mass is 10.2. The van der Waals surface area contributed by atoms with Crippen LogP contribution in [0.25, 0.3) is 0 Å². The van der Waals surface area contributed by atoms with Gasteiger partial charge >= 0.3 is 0 Å². The van der Waals surface area contributed by atoms with Crippen LogP contribution in [-0.2, 0) is 0 Å². The van der Waals surface area contributed by atoms with E-state index >= 15 is 0 Å². The molecule has 0 saturated heterocycles. The Morgan fingerprint density at radius 3 is 2.38 bits per heavy atom. The smallest absolute Gasteiger partial charge is 0.252 e. The van der Waals surface area contributed by atoms with Gasteiger partial charge in [0.05, 0.1) is 0 Å². The van der Waals surface area contributed by atoms with Crippen LogP contribution in [0.15, 0.2) is 54.6 Å². The van der Waals surface area contributed by atoms with Gasteiger partial charge in [0, 0.05) is 11.3 Å². The molecule has 0 radical (unpaired) electrons. The van der Waals surface area contributed by atoms with Gasteiger partial charge in [-0.05, 0) is 49.0 Å². The van der Waals surface area contributed by atoms with E-state index in [0.717, 1.165) is 11.3 Å². The number of carbonyl (C=O) groups is 1. The third-order valence-electron chi connectivity index (χ3n) is 3.14. The van der Waals surface area contributed by atoms with Crippen LogP contribution in [0.1, 0.15) is 15.9 Å². The fourth-order valence-electron chi connectivity index (χ4n) is 2.01. The van der Waals surface area contributed by atoms with Crippen LogP contribution in [0, 0.1) is 6.92 Å². The predicted molar refractivity (Wildman–Crippen MR) is 104 cm³/mol. The molecule has 0 saturated carbocycles. The molecule has 0 aromatic heterocycles. The second-order valence-electron chi connectivity index (χ2n) is 5.12. The van der Waals surface area contributed by atoms with E-state index in [1.54, 1.807) is 24.3 Å². The van der Waals surface area contributed by atoms with Crippen molar-refractivity contribution in [2.45, 2.75) is 17.9 Å². The molecule has 1 atom stereocenters. The molecule has 0 aliphatic heterocycles. The Labute approximate surface area is 156 Å². The van der Waals surface area contributed by atoms with E-state index in [1.807, 2.05) is 37.3 Å². The van der Waals surface area contributed by atoms with Crippen molar-refractivity contribution in [2.24, 2.45) is 0 Å². The Balaban J connectivity index is 1.98. The van der Waals surface area contributed by atoms with Crippen molar-refractivity contribution in [1.29, 1.82) is 0 Å². The van der Waals surface area contributed by atoms with E-state index in [2.05, 4.69) is 16.0 Å². The molecule has 1 amide bonds. The summed E-state index contributed by atoms with van der Waals surface area (Å²) in [5.41, 5.74) is 2.45. The van der Waals surface area contributed by atoms with Gasteiger partial charge in [-0.15, -0.1) is 23.2 Å². The standard InChI is InChI=1S/C17H17Cl2N3OS/c1-11-6-5-9-13(10-11)20-17(24)22-15(14(18)19)21-16(23)12-7-3-2-4-8-12/h2-10,14-15H,1H3,(H,21,23)(H2,20,22,24)/t15-/m1/s1. The van der Waals surface area contributed by atoms with Crippen LogP contribution < -0.4 is 16.0 Å². The van der Waals surface area contributed by atoms with Gasteiger partial charge in [0.2, 0.25) is 0 Å². The zero-order chi connectivity index (χ0) is 17.5. The van der Waals surface area contributed by atoms with Crippen LogP contribution in [-0.4, -0.2) is 22.0 Å². The van der Waals surface area contributed by atoms with Gasteiger partial charge in [-0.3, -0.25) is 4.79 Å². The first-order valence-corrected chi connectivity index (χ1v) is 8.52. The first-order valence-electron chi connectivity index (χ1n) is 7.24. The van der Waals surface area contributed by atoms with Crippen molar-refractivity contribution < 1.29 is 4.79 Å². The number of amides is 1. The number of aryl methyl sites for hydroxylation is 1. The molecule has 0 aliphatic carbocycles. The van der Waals surface area contributed by atoms with Crippen molar-refractivity contribution in [2.75, 3.05) is 5.32 Å². The van der Waals surface area contributed by atoms with E-state index in [1.165, 1.54) is 0 Å². The maximum absolute atomic E-state index is 12.2. The molecule has 126 valence electrons. The average Bonchev–Trinajstić information content (AvgIpc) is 2.54. The van der Waals surface area contributed by atoms with Gasteiger partial charge in [0.1, 0.15) is 11.0 Å². The summed E-state index contributed by atoms with van der Waals surface area (Å²) >= 11 is 17.2. The highest BCUT2D eigenvalue weighted by atomic mass is 35.5. The third kappa shape index (κ3) is 5.67. The SMILES string of the molecule is Cc1cccc(NC(=S)N[C@@H](NC(=O)c2ccccc2)C(Cl)Cl)c1.